The predicted octanol–water partition coefficient (Wildman–Crippen LogP) is 1.50. The van der Waals surface area contributed by atoms with Crippen LogP contribution in [0.1, 0.15) is 33.7 Å². The van der Waals surface area contributed by atoms with Crippen LogP contribution in [0.2, 0.25) is 0 Å². The number of carbonyl (C=O) groups excluding carboxylic acids is 1. The van der Waals surface area contributed by atoms with Crippen LogP contribution in [-0.4, -0.2) is 27.7 Å². The van der Waals surface area contributed by atoms with Gasteiger partial charge in [0.05, 0.1) is 12.2 Å². The van der Waals surface area contributed by atoms with E-state index in [0.29, 0.717) is 28.5 Å². The smallest absolute Gasteiger partial charge is 0.263 e. The fraction of sp³-hybridized carbons (Fsp3) is 0.455. The number of rotatable bonds is 5. The van der Waals surface area contributed by atoms with E-state index in [1.54, 1.807) is 6.92 Å². The number of carbonyl (C=O) groups is 1. The van der Waals surface area contributed by atoms with Crippen molar-refractivity contribution in [3.8, 4) is 0 Å². The molecule has 8 heteroatoms. The van der Waals surface area contributed by atoms with Crippen LogP contribution in [-0.2, 0) is 6.54 Å². The second-order valence-electron chi connectivity index (χ2n) is 3.94. The molecule has 0 aliphatic carbocycles. The molecule has 0 bridgehead atoms. The van der Waals surface area contributed by atoms with E-state index in [1.165, 1.54) is 11.3 Å². The van der Waals surface area contributed by atoms with Crippen molar-refractivity contribution in [2.24, 2.45) is 0 Å². The quantitative estimate of drug-likeness (QED) is 0.862. The molecule has 0 spiro atoms. The number of anilines is 1. The maximum absolute atomic E-state index is 12.0. The van der Waals surface area contributed by atoms with Gasteiger partial charge in [0, 0.05) is 6.54 Å². The lowest BCUT2D eigenvalue weighted by atomic mass is 10.3. The van der Waals surface area contributed by atoms with E-state index in [2.05, 4.69) is 30.6 Å². The maximum Gasteiger partial charge on any atom is 0.263 e. The molecule has 2 N–H and O–H groups in total. The molecule has 0 aliphatic rings. The molecule has 7 nitrogen and oxygen atoms in total. The molecular weight excluding hydrogens is 266 g/mol. The molecule has 2 rings (SSSR count). The molecule has 2 heterocycles. The number of aromatic nitrogens is 3. The monoisotopic (exact) mass is 281 g/mol. The summed E-state index contributed by atoms with van der Waals surface area (Å²) in [7, 11) is 0. The molecule has 0 saturated heterocycles. The van der Waals surface area contributed by atoms with Gasteiger partial charge in [0.15, 0.2) is 5.13 Å². The van der Waals surface area contributed by atoms with Crippen LogP contribution in [0.15, 0.2) is 4.63 Å². The van der Waals surface area contributed by atoms with Crippen LogP contribution in [0.3, 0.4) is 0 Å². The molecule has 1 amide bonds. The van der Waals surface area contributed by atoms with Gasteiger partial charge in [-0.05, 0) is 20.8 Å². The highest BCUT2D eigenvalue weighted by Gasteiger charge is 2.16. The highest BCUT2D eigenvalue weighted by molar-refractivity contribution is 7.17. The van der Waals surface area contributed by atoms with Gasteiger partial charge in [-0.25, -0.2) is 9.61 Å². The zero-order valence-electron chi connectivity index (χ0n) is 11.0. The van der Waals surface area contributed by atoms with Crippen LogP contribution in [0, 0.1) is 13.8 Å². The van der Waals surface area contributed by atoms with E-state index in [1.807, 2.05) is 13.8 Å². The first-order chi connectivity index (χ1) is 9.11. The van der Waals surface area contributed by atoms with E-state index < -0.39 is 0 Å². The molecule has 0 aliphatic heterocycles. The van der Waals surface area contributed by atoms with E-state index in [4.69, 9.17) is 0 Å². The average molecular weight is 281 g/mol. The van der Waals surface area contributed by atoms with E-state index in [0.717, 1.165) is 11.7 Å². The molecule has 0 fully saturated rings. The van der Waals surface area contributed by atoms with Gasteiger partial charge in [-0.2, -0.15) is 0 Å². The standard InChI is InChI=1S/C11H15N5O2S/c1-4-12-11-14-7(3)9(19-11)10(17)13-5-8-6(2)15-18-16-8/h4-5H2,1-3H3,(H,12,14)(H,13,17). The lowest BCUT2D eigenvalue weighted by molar-refractivity contribution is 0.0953. The third-order valence-electron chi connectivity index (χ3n) is 2.49. The Kier molecular flexibility index (Phi) is 4.10. The van der Waals surface area contributed by atoms with Crippen LogP contribution in [0.5, 0.6) is 0 Å². The minimum atomic E-state index is -0.165. The predicted molar refractivity (Wildman–Crippen MR) is 71.2 cm³/mol. The van der Waals surface area contributed by atoms with Crippen molar-refractivity contribution in [2.45, 2.75) is 27.3 Å². The van der Waals surface area contributed by atoms with Crippen molar-refractivity contribution >= 4 is 22.4 Å². The summed E-state index contributed by atoms with van der Waals surface area (Å²) in [4.78, 5) is 16.9. The fourth-order valence-electron chi connectivity index (χ4n) is 1.49. The molecule has 0 saturated carbocycles. The summed E-state index contributed by atoms with van der Waals surface area (Å²) in [6, 6.07) is 0. The van der Waals surface area contributed by atoms with E-state index in [-0.39, 0.29) is 5.91 Å². The van der Waals surface area contributed by atoms with Crippen LogP contribution >= 0.6 is 11.3 Å². The first-order valence-corrected chi connectivity index (χ1v) is 6.71. The normalized spacial score (nSPS) is 10.5. The fourth-order valence-corrected chi connectivity index (χ4v) is 2.44. The van der Waals surface area contributed by atoms with Gasteiger partial charge in [-0.1, -0.05) is 21.7 Å². The highest BCUT2D eigenvalue weighted by Crippen LogP contribution is 2.22. The Balaban J connectivity index is 2.02. The van der Waals surface area contributed by atoms with Crippen LogP contribution < -0.4 is 10.6 Å². The molecule has 102 valence electrons. The third-order valence-corrected chi connectivity index (χ3v) is 3.61. The molecule has 0 aromatic carbocycles. The van der Waals surface area contributed by atoms with Crippen molar-refractivity contribution < 1.29 is 9.42 Å². The Morgan fingerprint density at radius 3 is 2.74 bits per heavy atom. The summed E-state index contributed by atoms with van der Waals surface area (Å²) in [6.45, 7) is 6.64. The summed E-state index contributed by atoms with van der Waals surface area (Å²) >= 11 is 1.34. The second-order valence-corrected chi connectivity index (χ2v) is 4.94. The topological polar surface area (TPSA) is 92.9 Å². The summed E-state index contributed by atoms with van der Waals surface area (Å²) in [5.74, 6) is -0.165. The molecular formula is C11H15N5O2S. The van der Waals surface area contributed by atoms with Crippen molar-refractivity contribution in [1.29, 1.82) is 0 Å². The Morgan fingerprint density at radius 1 is 1.32 bits per heavy atom. The second kappa shape index (κ2) is 5.79. The summed E-state index contributed by atoms with van der Waals surface area (Å²) in [5.41, 5.74) is 2.02. The first kappa shape index (κ1) is 13.5. The van der Waals surface area contributed by atoms with Gasteiger partial charge >= 0.3 is 0 Å². The van der Waals surface area contributed by atoms with Gasteiger partial charge in [0.25, 0.3) is 5.91 Å². The van der Waals surface area contributed by atoms with Gasteiger partial charge in [-0.15, -0.1) is 0 Å². The average Bonchev–Trinajstić information content (AvgIpc) is 2.93. The molecule has 0 atom stereocenters. The first-order valence-electron chi connectivity index (χ1n) is 5.89. The number of amides is 1. The van der Waals surface area contributed by atoms with Crippen molar-refractivity contribution in [3.63, 3.8) is 0 Å². The Labute approximate surface area is 114 Å². The highest BCUT2D eigenvalue weighted by atomic mass is 32.1. The zero-order valence-corrected chi connectivity index (χ0v) is 11.8. The van der Waals surface area contributed by atoms with Crippen LogP contribution in [0.25, 0.3) is 0 Å². The van der Waals surface area contributed by atoms with Crippen molar-refractivity contribution in [1.82, 2.24) is 20.6 Å². The van der Waals surface area contributed by atoms with Crippen molar-refractivity contribution in [3.05, 3.63) is 22.0 Å². The minimum absolute atomic E-state index is 0.165. The number of hydrogen-bond donors (Lipinski definition) is 2. The van der Waals surface area contributed by atoms with E-state index in [9.17, 15) is 4.79 Å². The van der Waals surface area contributed by atoms with E-state index >= 15 is 0 Å². The summed E-state index contributed by atoms with van der Waals surface area (Å²) in [6.07, 6.45) is 0. The Bertz CT molecular complexity index is 577. The summed E-state index contributed by atoms with van der Waals surface area (Å²) < 4.78 is 4.57. The van der Waals surface area contributed by atoms with Crippen molar-refractivity contribution in [2.75, 3.05) is 11.9 Å². The lowest BCUT2D eigenvalue weighted by Crippen LogP contribution is -2.23. The molecule has 0 unspecified atom stereocenters. The largest absolute Gasteiger partial charge is 0.362 e. The Hall–Kier alpha value is -1.96. The number of hydrogen-bond acceptors (Lipinski definition) is 7. The van der Waals surface area contributed by atoms with Gasteiger partial charge < -0.3 is 10.6 Å². The SMILES string of the molecule is CCNc1nc(C)c(C(=O)NCc2nonc2C)s1. The Morgan fingerprint density at radius 2 is 2.11 bits per heavy atom. The zero-order chi connectivity index (χ0) is 13.8. The molecule has 19 heavy (non-hydrogen) atoms. The number of aryl methyl sites for hydroxylation is 2. The van der Waals surface area contributed by atoms with Gasteiger partial charge in [0.1, 0.15) is 16.3 Å². The third kappa shape index (κ3) is 3.08. The minimum Gasteiger partial charge on any atom is -0.362 e. The number of nitrogens with zero attached hydrogens (tertiary/aromatic N) is 3. The van der Waals surface area contributed by atoms with Crippen LogP contribution in [0.4, 0.5) is 5.13 Å². The van der Waals surface area contributed by atoms with Gasteiger partial charge in [0.2, 0.25) is 0 Å². The molecule has 2 aromatic heterocycles. The molecule has 2 aromatic rings. The lowest BCUT2D eigenvalue weighted by Gasteiger charge is -2.01. The number of thiazole rings is 1. The summed E-state index contributed by atoms with van der Waals surface area (Å²) in [5, 5.41) is 14.0. The number of nitrogens with one attached hydrogen (secondary N) is 2. The molecule has 0 radical (unpaired) electrons. The van der Waals surface area contributed by atoms with Gasteiger partial charge in [-0.3, -0.25) is 4.79 Å². The maximum atomic E-state index is 12.0.